The van der Waals surface area contributed by atoms with Crippen molar-refractivity contribution in [2.24, 2.45) is 0 Å². The zero-order valence-corrected chi connectivity index (χ0v) is 10.7. The molecule has 0 aliphatic heterocycles. The smallest absolute Gasteiger partial charge is 0.223 e. The number of nitrogens with one attached hydrogen (secondary N) is 1. The molecule has 1 heterocycles. The van der Waals surface area contributed by atoms with Crippen molar-refractivity contribution in [2.75, 3.05) is 11.9 Å². The topological polar surface area (TPSA) is 37.8 Å². The molecule has 0 aliphatic carbocycles. The molecule has 0 saturated heterocycles. The molecule has 0 atom stereocenters. The van der Waals surface area contributed by atoms with E-state index in [0.29, 0.717) is 5.25 Å². The van der Waals surface area contributed by atoms with Gasteiger partial charge in [-0.1, -0.05) is 20.8 Å². The molecule has 84 valence electrons. The van der Waals surface area contributed by atoms with Crippen LogP contribution in [-0.4, -0.2) is 21.8 Å². The minimum Gasteiger partial charge on any atom is -0.354 e. The maximum Gasteiger partial charge on any atom is 0.223 e. The van der Waals surface area contributed by atoms with E-state index >= 15 is 0 Å². The molecule has 0 aliphatic rings. The molecule has 0 spiro atoms. The first-order chi connectivity index (χ1) is 7.13. The Morgan fingerprint density at radius 3 is 2.80 bits per heavy atom. The van der Waals surface area contributed by atoms with Crippen LogP contribution in [0.3, 0.4) is 0 Å². The van der Waals surface area contributed by atoms with Crippen LogP contribution in [0.15, 0.2) is 11.2 Å². The van der Waals surface area contributed by atoms with Gasteiger partial charge >= 0.3 is 0 Å². The summed E-state index contributed by atoms with van der Waals surface area (Å²) in [6.45, 7) is 9.45. The van der Waals surface area contributed by atoms with Gasteiger partial charge in [-0.15, -0.1) is 11.8 Å². The van der Waals surface area contributed by atoms with Crippen LogP contribution in [0, 0.1) is 6.92 Å². The lowest BCUT2D eigenvalue weighted by atomic mass is 10.4. The summed E-state index contributed by atoms with van der Waals surface area (Å²) in [5.41, 5.74) is 1.15. The molecule has 15 heavy (non-hydrogen) atoms. The van der Waals surface area contributed by atoms with Crippen LogP contribution in [-0.2, 0) is 0 Å². The Labute approximate surface area is 96.1 Å². The fourth-order valence-corrected chi connectivity index (χ4v) is 1.92. The molecular weight excluding hydrogens is 206 g/mol. The summed E-state index contributed by atoms with van der Waals surface area (Å²) in [6, 6.07) is 0. The van der Waals surface area contributed by atoms with Crippen LogP contribution < -0.4 is 5.32 Å². The van der Waals surface area contributed by atoms with E-state index in [1.54, 1.807) is 11.8 Å². The van der Waals surface area contributed by atoms with Crippen molar-refractivity contribution in [1.82, 2.24) is 9.97 Å². The summed E-state index contributed by atoms with van der Waals surface area (Å²) in [6.07, 6.45) is 2.97. The lowest BCUT2D eigenvalue weighted by molar-refractivity contribution is 0.923. The normalized spacial score (nSPS) is 10.7. The molecule has 1 N–H and O–H groups in total. The third-order valence-corrected chi connectivity index (χ3v) is 2.91. The molecule has 1 rings (SSSR count). The van der Waals surface area contributed by atoms with Gasteiger partial charge in [-0.2, -0.15) is 0 Å². The van der Waals surface area contributed by atoms with Crippen molar-refractivity contribution in [2.45, 2.75) is 44.4 Å². The number of rotatable bonds is 5. The molecule has 3 nitrogen and oxygen atoms in total. The van der Waals surface area contributed by atoms with Crippen molar-refractivity contribution >= 4 is 17.7 Å². The van der Waals surface area contributed by atoms with Gasteiger partial charge < -0.3 is 5.32 Å². The summed E-state index contributed by atoms with van der Waals surface area (Å²) >= 11 is 1.78. The highest BCUT2D eigenvalue weighted by Gasteiger charge is 2.06. The van der Waals surface area contributed by atoms with E-state index in [0.717, 1.165) is 29.5 Å². The standard InChI is InChI=1S/C11H19N3S/c1-5-6-12-11-13-7-9(4)10(14-11)15-8(2)3/h7-8H,5-6H2,1-4H3,(H,12,13,14). The molecular formula is C11H19N3S. The minimum absolute atomic E-state index is 0.553. The van der Waals surface area contributed by atoms with Crippen molar-refractivity contribution in [3.63, 3.8) is 0 Å². The lowest BCUT2D eigenvalue weighted by Crippen LogP contribution is -2.05. The minimum atomic E-state index is 0.553. The maximum absolute atomic E-state index is 4.49. The summed E-state index contributed by atoms with van der Waals surface area (Å²) < 4.78 is 0. The van der Waals surface area contributed by atoms with Crippen LogP contribution in [0.1, 0.15) is 32.8 Å². The van der Waals surface area contributed by atoms with Crippen LogP contribution >= 0.6 is 11.8 Å². The molecule has 0 bridgehead atoms. The molecule has 1 aromatic heterocycles. The van der Waals surface area contributed by atoms with E-state index in [1.807, 2.05) is 13.1 Å². The quantitative estimate of drug-likeness (QED) is 0.617. The van der Waals surface area contributed by atoms with Crippen LogP contribution in [0.4, 0.5) is 5.95 Å². The van der Waals surface area contributed by atoms with E-state index in [9.17, 15) is 0 Å². The number of aryl methyl sites for hydroxylation is 1. The second kappa shape index (κ2) is 5.95. The van der Waals surface area contributed by atoms with Crippen molar-refractivity contribution in [3.8, 4) is 0 Å². The fourth-order valence-electron chi connectivity index (χ4n) is 1.09. The summed E-state index contributed by atoms with van der Waals surface area (Å²) in [7, 11) is 0. The molecule has 0 amide bonds. The van der Waals surface area contributed by atoms with Gasteiger partial charge in [0.15, 0.2) is 0 Å². The van der Waals surface area contributed by atoms with E-state index < -0.39 is 0 Å². The molecule has 0 aromatic carbocycles. The predicted molar refractivity (Wildman–Crippen MR) is 66.5 cm³/mol. The second-order valence-electron chi connectivity index (χ2n) is 3.78. The third-order valence-electron chi connectivity index (χ3n) is 1.81. The van der Waals surface area contributed by atoms with Crippen molar-refractivity contribution in [3.05, 3.63) is 11.8 Å². The molecule has 0 radical (unpaired) electrons. The van der Waals surface area contributed by atoms with Gasteiger partial charge in [0.1, 0.15) is 5.03 Å². The monoisotopic (exact) mass is 225 g/mol. The highest BCUT2D eigenvalue weighted by Crippen LogP contribution is 2.24. The average molecular weight is 225 g/mol. The fraction of sp³-hybridized carbons (Fsp3) is 0.636. The molecule has 4 heteroatoms. The van der Waals surface area contributed by atoms with Gasteiger partial charge in [-0.25, -0.2) is 9.97 Å². The largest absolute Gasteiger partial charge is 0.354 e. The predicted octanol–water partition coefficient (Wildman–Crippen LogP) is 3.11. The van der Waals surface area contributed by atoms with E-state index in [-0.39, 0.29) is 0 Å². The Bertz CT molecular complexity index is 313. The van der Waals surface area contributed by atoms with Gasteiger partial charge in [-0.3, -0.25) is 0 Å². The third kappa shape index (κ3) is 4.08. The Morgan fingerprint density at radius 2 is 2.20 bits per heavy atom. The van der Waals surface area contributed by atoms with E-state index in [2.05, 4.69) is 36.1 Å². The number of anilines is 1. The summed E-state index contributed by atoms with van der Waals surface area (Å²) in [5.74, 6) is 0.741. The van der Waals surface area contributed by atoms with Gasteiger partial charge in [0.2, 0.25) is 5.95 Å². The summed E-state index contributed by atoms with van der Waals surface area (Å²) in [4.78, 5) is 8.74. The van der Waals surface area contributed by atoms with Gasteiger partial charge in [0.25, 0.3) is 0 Å². The zero-order valence-electron chi connectivity index (χ0n) is 9.87. The number of hydrogen-bond donors (Lipinski definition) is 1. The Hall–Kier alpha value is -0.770. The van der Waals surface area contributed by atoms with E-state index in [4.69, 9.17) is 0 Å². The molecule has 0 unspecified atom stereocenters. The van der Waals surface area contributed by atoms with Crippen molar-refractivity contribution in [1.29, 1.82) is 0 Å². The number of nitrogens with zero attached hydrogens (tertiary/aromatic N) is 2. The molecule has 0 fully saturated rings. The highest BCUT2D eigenvalue weighted by atomic mass is 32.2. The van der Waals surface area contributed by atoms with Gasteiger partial charge in [0.05, 0.1) is 0 Å². The zero-order chi connectivity index (χ0) is 11.3. The van der Waals surface area contributed by atoms with Gasteiger partial charge in [0, 0.05) is 18.0 Å². The number of aromatic nitrogens is 2. The molecule has 0 saturated carbocycles. The maximum atomic E-state index is 4.49. The average Bonchev–Trinajstić information content (AvgIpc) is 2.18. The highest BCUT2D eigenvalue weighted by molar-refractivity contribution is 7.99. The lowest BCUT2D eigenvalue weighted by Gasteiger charge is -2.09. The van der Waals surface area contributed by atoms with Crippen molar-refractivity contribution < 1.29 is 0 Å². The number of hydrogen-bond acceptors (Lipinski definition) is 4. The Morgan fingerprint density at radius 1 is 1.47 bits per heavy atom. The Balaban J connectivity index is 2.75. The summed E-state index contributed by atoms with van der Waals surface area (Å²) in [5, 5.41) is 4.84. The first-order valence-electron chi connectivity index (χ1n) is 5.37. The first kappa shape index (κ1) is 12.3. The second-order valence-corrected chi connectivity index (χ2v) is 5.34. The van der Waals surface area contributed by atoms with Crippen LogP contribution in [0.5, 0.6) is 0 Å². The van der Waals surface area contributed by atoms with Crippen LogP contribution in [0.2, 0.25) is 0 Å². The van der Waals surface area contributed by atoms with Gasteiger partial charge in [-0.05, 0) is 18.9 Å². The Kier molecular flexibility index (Phi) is 4.88. The SMILES string of the molecule is CCCNc1ncc(C)c(SC(C)C)n1. The number of thioether (sulfide) groups is 1. The first-order valence-corrected chi connectivity index (χ1v) is 6.25. The molecule has 1 aromatic rings. The van der Waals surface area contributed by atoms with E-state index in [1.165, 1.54) is 0 Å². The van der Waals surface area contributed by atoms with Crippen LogP contribution in [0.25, 0.3) is 0 Å².